The summed E-state index contributed by atoms with van der Waals surface area (Å²) in [6, 6.07) is 12.8. The van der Waals surface area contributed by atoms with Gasteiger partial charge in [-0.3, -0.25) is 0 Å². The second kappa shape index (κ2) is 8.55. The molecule has 0 saturated heterocycles. The molecule has 5 rings (SSSR count). The molecule has 0 aliphatic carbocycles. The monoisotopic (exact) mass is 447 g/mol. The molecule has 0 atom stereocenters. The van der Waals surface area contributed by atoms with Crippen LogP contribution in [-0.4, -0.2) is 28.1 Å². The summed E-state index contributed by atoms with van der Waals surface area (Å²) in [4.78, 5) is 16.5. The maximum Gasteiger partial charge on any atom is 0.180 e. The zero-order valence-electron chi connectivity index (χ0n) is 17.6. The third-order valence-electron chi connectivity index (χ3n) is 5.58. The van der Waals surface area contributed by atoms with Gasteiger partial charge < -0.3 is 15.4 Å². The Hall–Kier alpha value is -3.52. The highest BCUT2D eigenvalue weighted by Crippen LogP contribution is 2.34. The van der Waals surface area contributed by atoms with Crippen molar-refractivity contribution < 1.29 is 9.13 Å². The van der Waals surface area contributed by atoms with E-state index < -0.39 is 0 Å². The van der Waals surface area contributed by atoms with Gasteiger partial charge in [0.05, 0.1) is 11.4 Å². The highest BCUT2D eigenvalue weighted by Gasteiger charge is 2.21. The molecule has 4 aromatic rings. The number of hydrogen-bond acceptors (Lipinski definition) is 7. The maximum atomic E-state index is 13.4. The molecular formula is C24H22FN5OS. The smallest absolute Gasteiger partial charge is 0.180 e. The van der Waals surface area contributed by atoms with Crippen LogP contribution in [-0.2, 0) is 13.0 Å². The van der Waals surface area contributed by atoms with Crippen LogP contribution in [0.1, 0.15) is 22.4 Å². The van der Waals surface area contributed by atoms with E-state index in [9.17, 15) is 4.39 Å². The molecule has 0 spiro atoms. The number of nitrogens with zero attached hydrogens (tertiary/aromatic N) is 4. The molecular weight excluding hydrogens is 425 g/mol. The van der Waals surface area contributed by atoms with Crippen molar-refractivity contribution in [1.29, 1.82) is 0 Å². The number of anilines is 2. The number of nitrogen functional groups attached to an aromatic ring is 1. The summed E-state index contributed by atoms with van der Waals surface area (Å²) < 4.78 is 19.4. The van der Waals surface area contributed by atoms with Gasteiger partial charge in [-0.05, 0) is 48.4 Å². The van der Waals surface area contributed by atoms with Crippen molar-refractivity contribution in [2.75, 3.05) is 23.8 Å². The number of nitrogens with two attached hydrogens (primary N) is 1. The summed E-state index contributed by atoms with van der Waals surface area (Å²) in [6.45, 7) is 3.90. The Labute approximate surface area is 189 Å². The van der Waals surface area contributed by atoms with E-state index in [1.165, 1.54) is 23.5 Å². The first kappa shape index (κ1) is 20.4. The highest BCUT2D eigenvalue weighted by molar-refractivity contribution is 7.18. The minimum absolute atomic E-state index is 0.241. The Morgan fingerprint density at radius 2 is 1.97 bits per heavy atom. The Morgan fingerprint density at radius 1 is 1.12 bits per heavy atom. The lowest BCUT2D eigenvalue weighted by molar-refractivity contribution is 0.331. The Balaban J connectivity index is 1.48. The predicted molar refractivity (Wildman–Crippen MR) is 124 cm³/mol. The average molecular weight is 448 g/mol. The predicted octanol–water partition coefficient (Wildman–Crippen LogP) is 4.62. The SMILES string of the molecule is Cc1ncnc(N2CCOc3ccc(-c4cnc(N)s4)cc3C2)c1Cc1ccc(F)cc1. The van der Waals surface area contributed by atoms with Crippen molar-refractivity contribution in [2.45, 2.75) is 19.9 Å². The zero-order valence-corrected chi connectivity index (χ0v) is 18.4. The zero-order chi connectivity index (χ0) is 22.1. The molecule has 2 aromatic heterocycles. The van der Waals surface area contributed by atoms with Crippen LogP contribution in [0.4, 0.5) is 15.3 Å². The molecule has 0 unspecified atom stereocenters. The molecule has 0 radical (unpaired) electrons. The normalized spacial score (nSPS) is 13.4. The van der Waals surface area contributed by atoms with Crippen LogP contribution in [0.3, 0.4) is 0 Å². The van der Waals surface area contributed by atoms with E-state index in [-0.39, 0.29) is 5.82 Å². The average Bonchev–Trinajstić information content (AvgIpc) is 3.11. The van der Waals surface area contributed by atoms with E-state index in [2.05, 4.69) is 25.9 Å². The van der Waals surface area contributed by atoms with Crippen molar-refractivity contribution in [1.82, 2.24) is 15.0 Å². The molecule has 1 aliphatic rings. The van der Waals surface area contributed by atoms with Crippen LogP contribution in [0.25, 0.3) is 10.4 Å². The molecule has 8 heteroatoms. The van der Waals surface area contributed by atoms with Gasteiger partial charge in [-0.15, -0.1) is 0 Å². The Bertz CT molecular complexity index is 1260. The van der Waals surface area contributed by atoms with Crippen molar-refractivity contribution in [3.05, 3.63) is 83.2 Å². The molecule has 0 saturated carbocycles. The fraction of sp³-hybridized carbons (Fsp3) is 0.208. The van der Waals surface area contributed by atoms with Crippen LogP contribution >= 0.6 is 11.3 Å². The van der Waals surface area contributed by atoms with Gasteiger partial charge in [-0.1, -0.05) is 23.5 Å². The maximum absolute atomic E-state index is 13.4. The largest absolute Gasteiger partial charge is 0.491 e. The van der Waals surface area contributed by atoms with Crippen molar-refractivity contribution in [2.24, 2.45) is 0 Å². The molecule has 0 bridgehead atoms. The molecule has 162 valence electrons. The molecule has 0 fully saturated rings. The summed E-state index contributed by atoms with van der Waals surface area (Å²) in [6.07, 6.45) is 4.03. The summed E-state index contributed by atoms with van der Waals surface area (Å²) in [5.74, 6) is 1.51. The Morgan fingerprint density at radius 3 is 2.75 bits per heavy atom. The molecule has 3 heterocycles. The van der Waals surface area contributed by atoms with Crippen molar-refractivity contribution in [3.8, 4) is 16.2 Å². The number of hydrogen-bond donors (Lipinski definition) is 1. The number of aryl methyl sites for hydroxylation is 1. The number of aromatic nitrogens is 3. The van der Waals surface area contributed by atoms with E-state index in [1.807, 2.05) is 19.1 Å². The summed E-state index contributed by atoms with van der Waals surface area (Å²) in [7, 11) is 0. The number of halogens is 1. The van der Waals surface area contributed by atoms with Gasteiger partial charge in [-0.2, -0.15) is 0 Å². The van der Waals surface area contributed by atoms with Gasteiger partial charge in [-0.25, -0.2) is 19.3 Å². The number of fused-ring (bicyclic) bond motifs is 1. The summed E-state index contributed by atoms with van der Waals surface area (Å²) in [5, 5.41) is 0.551. The van der Waals surface area contributed by atoms with Gasteiger partial charge in [0.15, 0.2) is 5.13 Å². The number of benzene rings is 2. The van der Waals surface area contributed by atoms with Crippen LogP contribution in [0.15, 0.2) is 55.0 Å². The summed E-state index contributed by atoms with van der Waals surface area (Å²) in [5.41, 5.74) is 10.9. The van der Waals surface area contributed by atoms with Gasteiger partial charge in [0.1, 0.15) is 30.3 Å². The molecule has 2 N–H and O–H groups in total. The van der Waals surface area contributed by atoms with Crippen molar-refractivity contribution in [3.63, 3.8) is 0 Å². The molecule has 2 aromatic carbocycles. The highest BCUT2D eigenvalue weighted by atomic mass is 32.1. The van der Waals surface area contributed by atoms with Crippen molar-refractivity contribution >= 4 is 22.3 Å². The number of thiazole rings is 1. The van der Waals surface area contributed by atoms with Crippen LogP contribution in [0, 0.1) is 12.7 Å². The second-order valence-electron chi connectivity index (χ2n) is 7.72. The van der Waals surface area contributed by atoms with E-state index >= 15 is 0 Å². The third kappa shape index (κ3) is 4.13. The minimum Gasteiger partial charge on any atom is -0.491 e. The van der Waals surface area contributed by atoms with Gasteiger partial charge >= 0.3 is 0 Å². The van der Waals surface area contributed by atoms with E-state index in [1.54, 1.807) is 24.7 Å². The molecule has 32 heavy (non-hydrogen) atoms. The minimum atomic E-state index is -0.241. The van der Waals surface area contributed by atoms with E-state index in [4.69, 9.17) is 10.5 Å². The van der Waals surface area contributed by atoms with E-state index in [0.29, 0.717) is 31.2 Å². The fourth-order valence-corrected chi connectivity index (χ4v) is 4.60. The van der Waals surface area contributed by atoms with Crippen LogP contribution < -0.4 is 15.4 Å². The lowest BCUT2D eigenvalue weighted by atomic mass is 10.0. The molecule has 1 aliphatic heterocycles. The Kier molecular flexibility index (Phi) is 5.45. The molecule has 0 amide bonds. The number of ether oxygens (including phenoxy) is 1. The quantitative estimate of drug-likeness (QED) is 0.492. The fourth-order valence-electron chi connectivity index (χ4n) is 3.92. The van der Waals surface area contributed by atoms with Gasteiger partial charge in [0.2, 0.25) is 0 Å². The van der Waals surface area contributed by atoms with Crippen LogP contribution in [0.5, 0.6) is 5.75 Å². The summed E-state index contributed by atoms with van der Waals surface area (Å²) >= 11 is 1.47. The first-order chi connectivity index (χ1) is 15.6. The number of rotatable bonds is 4. The van der Waals surface area contributed by atoms with Gasteiger partial charge in [0, 0.05) is 36.0 Å². The first-order valence-electron chi connectivity index (χ1n) is 10.3. The van der Waals surface area contributed by atoms with E-state index in [0.717, 1.165) is 44.4 Å². The lowest BCUT2D eigenvalue weighted by Crippen LogP contribution is -2.28. The second-order valence-corrected chi connectivity index (χ2v) is 8.78. The van der Waals surface area contributed by atoms with Gasteiger partial charge in [0.25, 0.3) is 0 Å². The van der Waals surface area contributed by atoms with Crippen LogP contribution in [0.2, 0.25) is 0 Å². The molecule has 6 nitrogen and oxygen atoms in total. The topological polar surface area (TPSA) is 77.2 Å². The third-order valence-corrected chi connectivity index (χ3v) is 6.46. The first-order valence-corrected chi connectivity index (χ1v) is 11.2. The lowest BCUT2D eigenvalue weighted by Gasteiger charge is -2.24. The standard InChI is InChI=1S/C24H22FN5OS/c1-15-20(10-16-2-5-19(25)6-3-16)23(29-14-28-15)30-8-9-31-21-7-4-17(11-18(21)13-30)22-12-27-24(26)32-22/h2-7,11-12,14H,8-10,13H2,1H3,(H2,26,27).